The predicted octanol–water partition coefficient (Wildman–Crippen LogP) is 2.14. The standard InChI is InChI=1S/C17H16F3N3O4/c18-17(19,20)14-7-8-23(22-14)11-3-1-10(2-4-11)9-21-15(24)12-5-6-13(27-12)16(25)26/h1-4,7-8,12-13H,5-6,9H2,(H,21,24)(H,25,26)/t12-,13+/m0/s1. The number of hydrogen-bond donors (Lipinski definition) is 2. The molecule has 27 heavy (non-hydrogen) atoms. The molecule has 2 N–H and O–H groups in total. The monoisotopic (exact) mass is 383 g/mol. The molecule has 0 aliphatic carbocycles. The van der Waals surface area contributed by atoms with E-state index in [0.717, 1.165) is 16.3 Å². The Kier molecular flexibility index (Phi) is 5.17. The van der Waals surface area contributed by atoms with Crippen molar-refractivity contribution < 1.29 is 32.6 Å². The minimum absolute atomic E-state index is 0.184. The van der Waals surface area contributed by atoms with Crippen molar-refractivity contribution in [1.82, 2.24) is 15.1 Å². The van der Waals surface area contributed by atoms with Gasteiger partial charge in [0.25, 0.3) is 0 Å². The minimum Gasteiger partial charge on any atom is -0.479 e. The Bertz CT molecular complexity index is 833. The maximum Gasteiger partial charge on any atom is 0.435 e. The van der Waals surface area contributed by atoms with Gasteiger partial charge in [-0.25, -0.2) is 9.48 Å². The van der Waals surface area contributed by atoms with Crippen molar-refractivity contribution in [2.75, 3.05) is 0 Å². The summed E-state index contributed by atoms with van der Waals surface area (Å²) < 4.78 is 44.1. The molecule has 1 fully saturated rings. The van der Waals surface area contributed by atoms with Gasteiger partial charge in [-0.3, -0.25) is 4.79 Å². The second-order valence-electron chi connectivity index (χ2n) is 6.06. The molecule has 2 atom stereocenters. The maximum atomic E-state index is 12.6. The van der Waals surface area contributed by atoms with Gasteiger partial charge in [0.1, 0.15) is 6.10 Å². The number of halogens is 3. The highest BCUT2D eigenvalue weighted by atomic mass is 19.4. The number of alkyl halides is 3. The van der Waals surface area contributed by atoms with Crippen molar-refractivity contribution >= 4 is 11.9 Å². The number of aliphatic carboxylic acids is 1. The molecule has 0 radical (unpaired) electrons. The van der Waals surface area contributed by atoms with Crippen LogP contribution in [0.5, 0.6) is 0 Å². The van der Waals surface area contributed by atoms with Crippen molar-refractivity contribution in [3.05, 3.63) is 47.8 Å². The highest BCUT2D eigenvalue weighted by Crippen LogP contribution is 2.28. The third-order valence-electron chi connectivity index (χ3n) is 4.13. The molecule has 7 nitrogen and oxygen atoms in total. The zero-order valence-corrected chi connectivity index (χ0v) is 13.9. The fourth-order valence-electron chi connectivity index (χ4n) is 2.70. The number of aromatic nitrogens is 2. The Morgan fingerprint density at radius 3 is 2.41 bits per heavy atom. The summed E-state index contributed by atoms with van der Waals surface area (Å²) >= 11 is 0. The molecule has 1 aromatic carbocycles. The molecule has 144 valence electrons. The molecule has 10 heteroatoms. The van der Waals surface area contributed by atoms with Crippen molar-refractivity contribution in [1.29, 1.82) is 0 Å². The van der Waals surface area contributed by atoms with Crippen LogP contribution in [0.2, 0.25) is 0 Å². The molecule has 1 aliphatic heterocycles. The Morgan fingerprint density at radius 2 is 1.85 bits per heavy atom. The number of carboxylic acid groups (broad SMARTS) is 1. The molecular weight excluding hydrogens is 367 g/mol. The molecule has 2 heterocycles. The second kappa shape index (κ2) is 7.39. The van der Waals surface area contributed by atoms with Crippen LogP contribution in [0.25, 0.3) is 5.69 Å². The van der Waals surface area contributed by atoms with E-state index in [1.54, 1.807) is 24.3 Å². The Balaban J connectivity index is 1.56. The third-order valence-corrected chi connectivity index (χ3v) is 4.13. The first-order chi connectivity index (χ1) is 12.7. The van der Waals surface area contributed by atoms with Gasteiger partial charge in [0.15, 0.2) is 11.8 Å². The summed E-state index contributed by atoms with van der Waals surface area (Å²) in [6, 6.07) is 7.36. The summed E-state index contributed by atoms with van der Waals surface area (Å²) in [6.07, 6.45) is -4.42. The van der Waals surface area contributed by atoms with E-state index in [1.165, 1.54) is 6.20 Å². The van der Waals surface area contributed by atoms with Gasteiger partial charge in [0, 0.05) is 12.7 Å². The Labute approximate surface area is 151 Å². The maximum absolute atomic E-state index is 12.6. The van der Waals surface area contributed by atoms with E-state index in [9.17, 15) is 22.8 Å². The molecule has 1 amide bonds. The fourth-order valence-corrected chi connectivity index (χ4v) is 2.70. The number of nitrogens with one attached hydrogen (secondary N) is 1. The summed E-state index contributed by atoms with van der Waals surface area (Å²) in [5, 5.41) is 15.0. The molecule has 1 aromatic heterocycles. The smallest absolute Gasteiger partial charge is 0.435 e. The van der Waals surface area contributed by atoms with Gasteiger partial charge in [0.2, 0.25) is 5.91 Å². The van der Waals surface area contributed by atoms with E-state index in [2.05, 4.69) is 10.4 Å². The van der Waals surface area contributed by atoms with E-state index >= 15 is 0 Å². The molecule has 0 unspecified atom stereocenters. The van der Waals surface area contributed by atoms with Gasteiger partial charge in [-0.1, -0.05) is 12.1 Å². The van der Waals surface area contributed by atoms with Gasteiger partial charge in [-0.2, -0.15) is 18.3 Å². The summed E-state index contributed by atoms with van der Waals surface area (Å²) in [4.78, 5) is 22.9. The molecule has 0 spiro atoms. The van der Waals surface area contributed by atoms with E-state index in [-0.39, 0.29) is 13.0 Å². The number of carboxylic acids is 1. The molecule has 0 saturated carbocycles. The van der Waals surface area contributed by atoms with E-state index in [1.807, 2.05) is 0 Å². The zero-order chi connectivity index (χ0) is 19.6. The number of rotatable bonds is 5. The van der Waals surface area contributed by atoms with Crippen LogP contribution in [0, 0.1) is 0 Å². The molecule has 0 bridgehead atoms. The first-order valence-corrected chi connectivity index (χ1v) is 8.12. The largest absolute Gasteiger partial charge is 0.479 e. The van der Waals surface area contributed by atoms with Crippen LogP contribution in [0.15, 0.2) is 36.5 Å². The van der Waals surface area contributed by atoms with Gasteiger partial charge in [0.05, 0.1) is 5.69 Å². The average molecular weight is 383 g/mol. The van der Waals surface area contributed by atoms with Crippen molar-refractivity contribution in [3.8, 4) is 5.69 Å². The highest BCUT2D eigenvalue weighted by molar-refractivity contribution is 5.82. The summed E-state index contributed by atoms with van der Waals surface area (Å²) in [6.45, 7) is 0.184. The lowest BCUT2D eigenvalue weighted by atomic mass is 10.1. The van der Waals surface area contributed by atoms with Crippen molar-refractivity contribution in [2.45, 2.75) is 37.8 Å². The quantitative estimate of drug-likeness (QED) is 0.825. The summed E-state index contributed by atoms with van der Waals surface area (Å²) in [7, 11) is 0. The summed E-state index contributed by atoms with van der Waals surface area (Å²) in [5.74, 6) is -1.49. The van der Waals surface area contributed by atoms with Crippen LogP contribution in [0.4, 0.5) is 13.2 Å². The zero-order valence-electron chi connectivity index (χ0n) is 13.9. The number of amides is 1. The molecule has 1 aliphatic rings. The lowest BCUT2D eigenvalue weighted by molar-refractivity contribution is -0.151. The van der Waals surface area contributed by atoms with Crippen LogP contribution < -0.4 is 5.32 Å². The van der Waals surface area contributed by atoms with E-state index in [4.69, 9.17) is 9.84 Å². The van der Waals surface area contributed by atoms with Gasteiger partial charge < -0.3 is 15.2 Å². The molecule has 2 aromatic rings. The van der Waals surface area contributed by atoms with E-state index < -0.39 is 36.0 Å². The number of benzene rings is 1. The molecule has 3 rings (SSSR count). The van der Waals surface area contributed by atoms with Crippen LogP contribution in [-0.4, -0.2) is 39.0 Å². The van der Waals surface area contributed by atoms with Gasteiger partial charge >= 0.3 is 12.1 Å². The van der Waals surface area contributed by atoms with Gasteiger partial charge in [-0.05, 0) is 36.6 Å². The van der Waals surface area contributed by atoms with Crippen LogP contribution in [-0.2, 0) is 27.0 Å². The second-order valence-corrected chi connectivity index (χ2v) is 6.06. The van der Waals surface area contributed by atoms with Crippen molar-refractivity contribution in [3.63, 3.8) is 0 Å². The SMILES string of the molecule is O=C(NCc1ccc(-n2ccc(C(F)(F)F)n2)cc1)[C@@H]1CC[C@H](C(=O)O)O1. The molecular formula is C17H16F3N3O4. The Hall–Kier alpha value is -2.88. The average Bonchev–Trinajstić information content (AvgIpc) is 3.29. The number of nitrogens with zero attached hydrogens (tertiary/aromatic N) is 2. The van der Waals surface area contributed by atoms with E-state index in [0.29, 0.717) is 12.1 Å². The summed E-state index contributed by atoms with van der Waals surface area (Å²) in [5.41, 5.74) is 0.196. The van der Waals surface area contributed by atoms with Gasteiger partial charge in [-0.15, -0.1) is 0 Å². The number of hydrogen-bond acceptors (Lipinski definition) is 4. The molecule has 1 saturated heterocycles. The van der Waals surface area contributed by atoms with Crippen LogP contribution in [0.1, 0.15) is 24.1 Å². The third kappa shape index (κ3) is 4.45. The predicted molar refractivity (Wildman–Crippen MR) is 85.9 cm³/mol. The topological polar surface area (TPSA) is 93.5 Å². The fraction of sp³-hybridized carbons (Fsp3) is 0.353. The number of carbonyl (C=O) groups excluding carboxylic acids is 1. The van der Waals surface area contributed by atoms with Crippen LogP contribution in [0.3, 0.4) is 0 Å². The lowest BCUT2D eigenvalue weighted by Crippen LogP contribution is -2.35. The van der Waals surface area contributed by atoms with Crippen molar-refractivity contribution in [2.24, 2.45) is 0 Å². The first-order valence-electron chi connectivity index (χ1n) is 8.12. The lowest BCUT2D eigenvalue weighted by Gasteiger charge is -2.12. The van der Waals surface area contributed by atoms with Crippen LogP contribution >= 0.6 is 0 Å². The first kappa shape index (κ1) is 18.9. The number of carbonyl (C=O) groups is 2. The normalized spacial score (nSPS) is 19.8. The minimum atomic E-state index is -4.50. The number of ether oxygens (including phenoxy) is 1. The Morgan fingerprint density at radius 1 is 1.19 bits per heavy atom. The highest BCUT2D eigenvalue weighted by Gasteiger charge is 2.35.